The van der Waals surface area contributed by atoms with E-state index in [-0.39, 0.29) is 12.1 Å². The molecule has 0 aromatic carbocycles. The third kappa shape index (κ3) is 4.83. The summed E-state index contributed by atoms with van der Waals surface area (Å²) in [5, 5.41) is 15.5. The first-order chi connectivity index (χ1) is 11.2. The fourth-order valence-electron chi connectivity index (χ4n) is 4.58. The third-order valence-electron chi connectivity index (χ3n) is 6.15. The van der Waals surface area contributed by atoms with E-state index in [1.165, 1.54) is 25.7 Å². The lowest BCUT2D eigenvalue weighted by Gasteiger charge is -2.36. The van der Waals surface area contributed by atoms with Crippen molar-refractivity contribution in [3.63, 3.8) is 0 Å². The van der Waals surface area contributed by atoms with Crippen LogP contribution >= 0.6 is 0 Å². The summed E-state index contributed by atoms with van der Waals surface area (Å²) in [6.07, 6.45) is 11.8. The molecule has 2 amide bonds. The average molecular weight is 323 g/mol. The number of aliphatic hydroxyl groups is 1. The van der Waals surface area contributed by atoms with Gasteiger partial charge in [-0.25, -0.2) is 4.79 Å². The quantitative estimate of drug-likeness (QED) is 0.743. The van der Waals surface area contributed by atoms with Gasteiger partial charge in [-0.1, -0.05) is 12.8 Å². The van der Waals surface area contributed by atoms with Gasteiger partial charge in [-0.3, -0.25) is 0 Å². The van der Waals surface area contributed by atoms with Crippen molar-refractivity contribution < 1.29 is 9.90 Å². The predicted molar refractivity (Wildman–Crippen MR) is 91.4 cm³/mol. The zero-order chi connectivity index (χ0) is 16.1. The fourth-order valence-corrected chi connectivity index (χ4v) is 4.58. The molecule has 23 heavy (non-hydrogen) atoms. The fraction of sp³-hybridized carbons (Fsp3) is 0.944. The molecular formula is C18H33N3O2. The molecule has 5 heteroatoms. The second-order valence-corrected chi connectivity index (χ2v) is 7.77. The van der Waals surface area contributed by atoms with E-state index >= 15 is 0 Å². The van der Waals surface area contributed by atoms with E-state index in [1.54, 1.807) is 0 Å². The largest absolute Gasteiger partial charge is 0.396 e. The molecule has 0 radical (unpaired) electrons. The Balaban J connectivity index is 1.33. The van der Waals surface area contributed by atoms with Gasteiger partial charge in [-0.2, -0.15) is 0 Å². The lowest BCUT2D eigenvalue weighted by Crippen LogP contribution is -2.51. The number of carbonyl (C=O) groups is 1. The number of piperidine rings is 1. The summed E-state index contributed by atoms with van der Waals surface area (Å²) < 4.78 is 0. The highest BCUT2D eigenvalue weighted by atomic mass is 16.3. The number of rotatable bonds is 4. The van der Waals surface area contributed by atoms with Crippen LogP contribution in [0.3, 0.4) is 0 Å². The summed E-state index contributed by atoms with van der Waals surface area (Å²) in [4.78, 5) is 14.8. The molecule has 0 aromatic rings. The molecule has 1 heterocycles. The summed E-state index contributed by atoms with van der Waals surface area (Å²) in [6, 6.07) is 1.45. The van der Waals surface area contributed by atoms with Crippen LogP contribution in [-0.2, 0) is 0 Å². The Bertz CT molecular complexity index is 368. The van der Waals surface area contributed by atoms with Crippen LogP contribution < -0.4 is 10.6 Å². The molecule has 5 nitrogen and oxygen atoms in total. The highest BCUT2D eigenvalue weighted by Crippen LogP contribution is 2.26. The van der Waals surface area contributed by atoms with Crippen molar-refractivity contribution in [3.8, 4) is 0 Å². The lowest BCUT2D eigenvalue weighted by molar-refractivity contribution is 0.144. The molecule has 0 atom stereocenters. The molecule has 0 bridgehead atoms. The van der Waals surface area contributed by atoms with Crippen LogP contribution in [0.15, 0.2) is 0 Å². The minimum atomic E-state index is 0.0109. The number of nitrogens with one attached hydrogen (secondary N) is 2. The Hall–Kier alpha value is -0.810. The van der Waals surface area contributed by atoms with E-state index in [0.717, 1.165) is 57.7 Å². The number of likely N-dealkylation sites (tertiary alicyclic amines) is 1. The van der Waals surface area contributed by atoms with E-state index in [9.17, 15) is 9.90 Å². The molecule has 0 unspecified atom stereocenters. The van der Waals surface area contributed by atoms with Crippen LogP contribution in [-0.4, -0.2) is 53.9 Å². The first kappa shape index (κ1) is 17.0. The minimum Gasteiger partial charge on any atom is -0.396 e. The van der Waals surface area contributed by atoms with Crippen molar-refractivity contribution >= 4 is 6.03 Å². The van der Waals surface area contributed by atoms with E-state index in [1.807, 2.05) is 0 Å². The van der Waals surface area contributed by atoms with Crippen LogP contribution in [0.5, 0.6) is 0 Å². The lowest BCUT2D eigenvalue weighted by atomic mass is 9.87. The van der Waals surface area contributed by atoms with Crippen molar-refractivity contribution in [3.05, 3.63) is 0 Å². The number of urea groups is 1. The van der Waals surface area contributed by atoms with E-state index in [0.29, 0.717) is 18.6 Å². The Kier molecular flexibility index (Phi) is 6.17. The normalized spacial score (nSPS) is 31.2. The molecule has 3 aliphatic rings. The number of hydrogen-bond donors (Lipinski definition) is 3. The van der Waals surface area contributed by atoms with E-state index in [2.05, 4.69) is 15.5 Å². The van der Waals surface area contributed by atoms with Gasteiger partial charge < -0.3 is 20.6 Å². The molecule has 0 aromatic heterocycles. The van der Waals surface area contributed by atoms with Crippen molar-refractivity contribution in [2.24, 2.45) is 5.92 Å². The molecule has 1 aliphatic heterocycles. The predicted octanol–water partition coefficient (Wildman–Crippen LogP) is 2.24. The molecule has 1 saturated heterocycles. The first-order valence-corrected chi connectivity index (χ1v) is 9.66. The second-order valence-electron chi connectivity index (χ2n) is 7.77. The Morgan fingerprint density at radius 1 is 0.870 bits per heavy atom. The molecule has 3 N–H and O–H groups in total. The third-order valence-corrected chi connectivity index (χ3v) is 6.15. The molecule has 132 valence electrons. The van der Waals surface area contributed by atoms with Gasteiger partial charge in [0.15, 0.2) is 0 Å². The maximum absolute atomic E-state index is 12.2. The van der Waals surface area contributed by atoms with Crippen LogP contribution in [0, 0.1) is 5.92 Å². The zero-order valence-corrected chi connectivity index (χ0v) is 14.3. The molecule has 0 spiro atoms. The molecule has 3 fully saturated rings. The summed E-state index contributed by atoms with van der Waals surface area (Å²) in [5.41, 5.74) is 0. The average Bonchev–Trinajstić information content (AvgIpc) is 3.11. The van der Waals surface area contributed by atoms with Crippen molar-refractivity contribution in [1.82, 2.24) is 15.5 Å². The molecule has 3 rings (SSSR count). The summed E-state index contributed by atoms with van der Waals surface area (Å²) in [5.74, 6) is 0.441. The number of nitrogens with zero attached hydrogens (tertiary/aromatic N) is 1. The van der Waals surface area contributed by atoms with Gasteiger partial charge in [-0.05, 0) is 57.3 Å². The SMILES string of the molecule is O=C(NC1CCC(CO)CC1)NC1CCN(C2CCCC2)CC1. The molecule has 2 aliphatic carbocycles. The highest BCUT2D eigenvalue weighted by molar-refractivity contribution is 5.74. The topological polar surface area (TPSA) is 64.6 Å². The van der Waals surface area contributed by atoms with Crippen LogP contribution in [0.1, 0.15) is 64.2 Å². The van der Waals surface area contributed by atoms with Crippen molar-refractivity contribution in [2.75, 3.05) is 19.7 Å². The minimum absolute atomic E-state index is 0.0109. The van der Waals surface area contributed by atoms with Gasteiger partial charge >= 0.3 is 6.03 Å². The van der Waals surface area contributed by atoms with Gasteiger partial charge in [0.25, 0.3) is 0 Å². The van der Waals surface area contributed by atoms with Gasteiger partial charge in [0.05, 0.1) is 0 Å². The van der Waals surface area contributed by atoms with Gasteiger partial charge in [0.2, 0.25) is 0 Å². The highest BCUT2D eigenvalue weighted by Gasteiger charge is 2.28. The number of amides is 2. The molecular weight excluding hydrogens is 290 g/mol. The summed E-state index contributed by atoms with van der Waals surface area (Å²) in [6.45, 7) is 2.56. The Morgan fingerprint density at radius 2 is 1.43 bits per heavy atom. The van der Waals surface area contributed by atoms with Gasteiger partial charge in [0.1, 0.15) is 0 Å². The number of hydrogen-bond acceptors (Lipinski definition) is 3. The summed E-state index contributed by atoms with van der Waals surface area (Å²) >= 11 is 0. The number of aliphatic hydroxyl groups excluding tert-OH is 1. The van der Waals surface area contributed by atoms with Crippen molar-refractivity contribution in [1.29, 1.82) is 0 Å². The zero-order valence-electron chi connectivity index (χ0n) is 14.3. The molecule has 2 saturated carbocycles. The van der Waals surface area contributed by atoms with Gasteiger partial charge in [0, 0.05) is 37.8 Å². The van der Waals surface area contributed by atoms with E-state index < -0.39 is 0 Å². The van der Waals surface area contributed by atoms with Crippen LogP contribution in [0.4, 0.5) is 4.79 Å². The Labute approximate surface area is 140 Å². The van der Waals surface area contributed by atoms with Crippen molar-refractivity contribution in [2.45, 2.75) is 82.3 Å². The maximum atomic E-state index is 12.2. The van der Waals surface area contributed by atoms with Crippen LogP contribution in [0.25, 0.3) is 0 Å². The van der Waals surface area contributed by atoms with Gasteiger partial charge in [-0.15, -0.1) is 0 Å². The standard InChI is InChI=1S/C18H33N3O2/c22-13-14-5-7-15(8-6-14)19-18(23)20-16-9-11-21(12-10-16)17-3-1-2-4-17/h14-17,22H,1-13H2,(H2,19,20,23). The number of carbonyl (C=O) groups excluding carboxylic acids is 1. The first-order valence-electron chi connectivity index (χ1n) is 9.66. The van der Waals surface area contributed by atoms with E-state index in [4.69, 9.17) is 0 Å². The monoisotopic (exact) mass is 323 g/mol. The second kappa shape index (κ2) is 8.34. The maximum Gasteiger partial charge on any atom is 0.315 e. The summed E-state index contributed by atoms with van der Waals surface area (Å²) in [7, 11) is 0. The Morgan fingerprint density at radius 3 is 2.00 bits per heavy atom. The smallest absolute Gasteiger partial charge is 0.315 e. The van der Waals surface area contributed by atoms with Crippen LogP contribution in [0.2, 0.25) is 0 Å².